The van der Waals surface area contributed by atoms with Crippen LogP contribution in [-0.4, -0.2) is 37.2 Å². The number of carboxylic acid groups (broad SMARTS) is 1. The first-order valence-electron chi connectivity index (χ1n) is 3.58. The molecular weight excluding hydrogens is 162 g/mol. The van der Waals surface area contributed by atoms with E-state index in [1.165, 1.54) is 7.11 Å². The maximum atomic E-state index is 10.5. The summed E-state index contributed by atoms with van der Waals surface area (Å²) in [5, 5.41) is 11.1. The summed E-state index contributed by atoms with van der Waals surface area (Å²) in [4.78, 5) is 20.8. The van der Waals surface area contributed by atoms with Gasteiger partial charge in [0.25, 0.3) is 0 Å². The summed E-state index contributed by atoms with van der Waals surface area (Å²) in [6.07, 6.45) is 0. The van der Waals surface area contributed by atoms with Crippen LogP contribution in [0.2, 0.25) is 0 Å². The van der Waals surface area contributed by atoms with Gasteiger partial charge in [-0.1, -0.05) is 6.92 Å². The average molecular weight is 175 g/mol. The van der Waals surface area contributed by atoms with Crippen LogP contribution in [0.15, 0.2) is 0 Å². The van der Waals surface area contributed by atoms with Crippen molar-refractivity contribution in [2.24, 2.45) is 5.92 Å². The second-order valence-corrected chi connectivity index (χ2v) is 2.45. The SMILES string of the molecule is COC(=O)CNCC(C)C(=O)O. The van der Waals surface area contributed by atoms with Gasteiger partial charge in [-0.15, -0.1) is 0 Å². The molecule has 0 rings (SSSR count). The number of methoxy groups -OCH3 is 1. The molecule has 0 aromatic rings. The molecule has 0 fully saturated rings. The highest BCUT2D eigenvalue weighted by Crippen LogP contribution is 1.90. The first-order valence-corrected chi connectivity index (χ1v) is 3.58. The number of rotatable bonds is 5. The van der Waals surface area contributed by atoms with E-state index in [9.17, 15) is 9.59 Å². The third-order valence-electron chi connectivity index (χ3n) is 1.37. The summed E-state index contributed by atoms with van der Waals surface area (Å²) in [5.74, 6) is -1.77. The maximum absolute atomic E-state index is 10.5. The van der Waals surface area contributed by atoms with Crippen LogP contribution in [-0.2, 0) is 14.3 Å². The molecule has 0 bridgehead atoms. The Morgan fingerprint density at radius 3 is 2.58 bits per heavy atom. The molecule has 0 aromatic carbocycles. The highest BCUT2D eigenvalue weighted by atomic mass is 16.5. The van der Waals surface area contributed by atoms with Crippen molar-refractivity contribution in [3.63, 3.8) is 0 Å². The minimum absolute atomic E-state index is 0.0497. The molecule has 0 aliphatic carbocycles. The highest BCUT2D eigenvalue weighted by Gasteiger charge is 2.10. The number of esters is 1. The molecule has 0 heterocycles. The first kappa shape index (κ1) is 10.9. The predicted molar refractivity (Wildman–Crippen MR) is 41.7 cm³/mol. The summed E-state index contributed by atoms with van der Waals surface area (Å²) in [6.45, 7) is 1.88. The lowest BCUT2D eigenvalue weighted by Gasteiger charge is -2.06. The average Bonchev–Trinajstić information content (AvgIpc) is 2.03. The van der Waals surface area contributed by atoms with Crippen molar-refractivity contribution in [3.05, 3.63) is 0 Å². The third kappa shape index (κ3) is 4.68. The van der Waals surface area contributed by atoms with Gasteiger partial charge >= 0.3 is 11.9 Å². The molecule has 1 atom stereocenters. The zero-order valence-electron chi connectivity index (χ0n) is 7.16. The lowest BCUT2D eigenvalue weighted by atomic mass is 10.2. The van der Waals surface area contributed by atoms with E-state index in [0.29, 0.717) is 0 Å². The number of nitrogens with one attached hydrogen (secondary N) is 1. The molecule has 0 spiro atoms. The summed E-state index contributed by atoms with van der Waals surface area (Å²) < 4.78 is 4.34. The minimum Gasteiger partial charge on any atom is -0.481 e. The van der Waals surface area contributed by atoms with Crippen molar-refractivity contribution in [3.8, 4) is 0 Å². The van der Waals surface area contributed by atoms with Crippen molar-refractivity contribution < 1.29 is 19.4 Å². The van der Waals surface area contributed by atoms with Gasteiger partial charge in [-0.3, -0.25) is 9.59 Å². The fraction of sp³-hybridized carbons (Fsp3) is 0.714. The Hall–Kier alpha value is -1.10. The van der Waals surface area contributed by atoms with Gasteiger partial charge in [0.05, 0.1) is 19.6 Å². The Morgan fingerprint density at radius 1 is 1.58 bits per heavy atom. The van der Waals surface area contributed by atoms with Gasteiger partial charge in [0.1, 0.15) is 0 Å². The van der Waals surface area contributed by atoms with Gasteiger partial charge in [-0.2, -0.15) is 0 Å². The molecule has 2 N–H and O–H groups in total. The van der Waals surface area contributed by atoms with E-state index in [0.717, 1.165) is 0 Å². The Balaban J connectivity index is 3.43. The van der Waals surface area contributed by atoms with E-state index >= 15 is 0 Å². The molecule has 0 aliphatic rings. The minimum atomic E-state index is -0.882. The normalized spacial score (nSPS) is 12.2. The van der Waals surface area contributed by atoms with Gasteiger partial charge < -0.3 is 15.2 Å². The topological polar surface area (TPSA) is 75.6 Å². The monoisotopic (exact) mass is 175 g/mol. The van der Waals surface area contributed by atoms with Gasteiger partial charge in [0.2, 0.25) is 0 Å². The van der Waals surface area contributed by atoms with E-state index in [2.05, 4.69) is 10.1 Å². The summed E-state index contributed by atoms with van der Waals surface area (Å²) in [6, 6.07) is 0. The molecule has 5 heteroatoms. The lowest BCUT2D eigenvalue weighted by molar-refractivity contribution is -0.142. The van der Waals surface area contributed by atoms with E-state index in [1.54, 1.807) is 6.92 Å². The first-order chi connectivity index (χ1) is 5.57. The van der Waals surface area contributed by atoms with Crippen molar-refractivity contribution in [1.29, 1.82) is 0 Å². The molecule has 0 aromatic heterocycles. The van der Waals surface area contributed by atoms with Crippen LogP contribution in [0.3, 0.4) is 0 Å². The van der Waals surface area contributed by atoms with Crippen LogP contribution < -0.4 is 5.32 Å². The number of carboxylic acids is 1. The highest BCUT2D eigenvalue weighted by molar-refractivity contribution is 5.72. The zero-order valence-corrected chi connectivity index (χ0v) is 7.16. The molecule has 0 saturated heterocycles. The molecule has 70 valence electrons. The number of hydrogen-bond donors (Lipinski definition) is 2. The van der Waals surface area contributed by atoms with Crippen LogP contribution in [0.4, 0.5) is 0 Å². The Morgan fingerprint density at radius 2 is 2.17 bits per heavy atom. The fourth-order valence-corrected chi connectivity index (χ4v) is 0.550. The van der Waals surface area contributed by atoms with E-state index in [4.69, 9.17) is 5.11 Å². The Labute approximate surface area is 70.7 Å². The second kappa shape index (κ2) is 5.54. The molecule has 0 aliphatic heterocycles. The van der Waals surface area contributed by atoms with E-state index in [1.807, 2.05) is 0 Å². The van der Waals surface area contributed by atoms with Crippen molar-refractivity contribution in [2.75, 3.05) is 20.2 Å². The van der Waals surface area contributed by atoms with E-state index in [-0.39, 0.29) is 13.1 Å². The molecule has 0 saturated carbocycles. The van der Waals surface area contributed by atoms with E-state index < -0.39 is 17.9 Å². The van der Waals surface area contributed by atoms with Gasteiger partial charge in [0.15, 0.2) is 0 Å². The van der Waals surface area contributed by atoms with Gasteiger partial charge in [-0.25, -0.2) is 0 Å². The molecule has 12 heavy (non-hydrogen) atoms. The Bertz CT molecular complexity index is 169. The largest absolute Gasteiger partial charge is 0.481 e. The standard InChI is InChI=1S/C7H13NO4/c1-5(7(10)11)3-8-4-6(9)12-2/h5,8H,3-4H2,1-2H3,(H,10,11). The van der Waals surface area contributed by atoms with Crippen LogP contribution in [0.25, 0.3) is 0 Å². The molecule has 1 unspecified atom stereocenters. The Kier molecular flexibility index (Phi) is 5.03. The number of ether oxygens (including phenoxy) is 1. The number of carbonyl (C=O) groups excluding carboxylic acids is 1. The quantitative estimate of drug-likeness (QED) is 0.549. The molecular formula is C7H13NO4. The number of hydrogen-bond acceptors (Lipinski definition) is 4. The second-order valence-electron chi connectivity index (χ2n) is 2.45. The van der Waals surface area contributed by atoms with Crippen molar-refractivity contribution in [2.45, 2.75) is 6.92 Å². The van der Waals surface area contributed by atoms with Crippen molar-refractivity contribution >= 4 is 11.9 Å². The van der Waals surface area contributed by atoms with Crippen LogP contribution in [0.5, 0.6) is 0 Å². The maximum Gasteiger partial charge on any atom is 0.319 e. The van der Waals surface area contributed by atoms with Gasteiger partial charge in [0, 0.05) is 6.54 Å². The predicted octanol–water partition coefficient (Wildman–Crippen LogP) is -0.530. The third-order valence-corrected chi connectivity index (χ3v) is 1.37. The molecule has 0 amide bonds. The zero-order chi connectivity index (χ0) is 9.56. The number of carbonyl (C=O) groups is 2. The van der Waals surface area contributed by atoms with Crippen LogP contribution in [0.1, 0.15) is 6.92 Å². The molecule has 5 nitrogen and oxygen atoms in total. The summed E-state index contributed by atoms with van der Waals surface area (Å²) in [5.41, 5.74) is 0. The van der Waals surface area contributed by atoms with Crippen molar-refractivity contribution in [1.82, 2.24) is 5.32 Å². The lowest BCUT2D eigenvalue weighted by Crippen LogP contribution is -2.31. The number of aliphatic carboxylic acids is 1. The summed E-state index contributed by atoms with van der Waals surface area (Å²) >= 11 is 0. The molecule has 0 radical (unpaired) electrons. The van der Waals surface area contributed by atoms with Crippen LogP contribution >= 0.6 is 0 Å². The smallest absolute Gasteiger partial charge is 0.319 e. The fourth-order valence-electron chi connectivity index (χ4n) is 0.550. The summed E-state index contributed by atoms with van der Waals surface area (Å²) in [7, 11) is 1.28. The van der Waals surface area contributed by atoms with Crippen LogP contribution in [0, 0.1) is 5.92 Å². The van der Waals surface area contributed by atoms with Gasteiger partial charge in [-0.05, 0) is 0 Å².